The Morgan fingerprint density at radius 3 is 1.65 bits per heavy atom. The lowest BCUT2D eigenvalue weighted by molar-refractivity contribution is 0.0444. The third-order valence-electron chi connectivity index (χ3n) is 4.02. The topological polar surface area (TPSA) is 66.0 Å². The molecule has 2 atom stereocenters. The number of alkyl carbamates (subject to hydrolysis) is 1. The van der Waals surface area contributed by atoms with Gasteiger partial charge in [0, 0.05) is 34.0 Å². The van der Waals surface area contributed by atoms with Crippen LogP contribution in [0.5, 0.6) is 0 Å². The lowest BCUT2D eigenvalue weighted by atomic mass is 10.5. The first-order valence-corrected chi connectivity index (χ1v) is 14.9. The van der Waals surface area contributed by atoms with Crippen LogP contribution in [0.3, 0.4) is 0 Å². The summed E-state index contributed by atoms with van der Waals surface area (Å²) in [7, 11) is -4.32. The Balaban J connectivity index is 5.30. The van der Waals surface area contributed by atoms with Crippen LogP contribution in [0, 0.1) is 0 Å². The predicted octanol–water partition coefficient (Wildman–Crippen LogP) is 4.50. The molecule has 1 N–H and O–H groups in total. The van der Waals surface area contributed by atoms with Gasteiger partial charge in [-0.1, -0.05) is 27.7 Å². The van der Waals surface area contributed by atoms with E-state index in [1.54, 1.807) is 0 Å². The van der Waals surface area contributed by atoms with E-state index in [0.29, 0.717) is 26.2 Å². The fraction of sp³-hybridized carbons (Fsp3) is 0.944. The third-order valence-corrected chi connectivity index (χ3v) is 9.53. The number of carbonyl (C=O) groups is 1. The predicted molar refractivity (Wildman–Crippen MR) is 112 cm³/mol. The molecule has 0 fully saturated rings. The Kier molecular flexibility index (Phi) is 13.0. The van der Waals surface area contributed by atoms with Gasteiger partial charge in [-0.15, -0.1) is 0 Å². The van der Waals surface area contributed by atoms with E-state index in [0.717, 1.165) is 19.3 Å². The highest BCUT2D eigenvalue weighted by Gasteiger charge is 2.50. The van der Waals surface area contributed by atoms with Crippen LogP contribution < -0.4 is 5.32 Å². The second-order valence-corrected chi connectivity index (χ2v) is 15.1. The zero-order valence-electron chi connectivity index (χ0n) is 18.1. The van der Waals surface area contributed by atoms with E-state index in [4.69, 9.17) is 18.0 Å². The van der Waals surface area contributed by atoms with Crippen molar-refractivity contribution in [1.29, 1.82) is 0 Å². The number of hydrogen-bond donors (Lipinski definition) is 1. The molecule has 0 rings (SSSR count). The minimum atomic E-state index is -3.05. The standard InChI is InChI=1S/C18H40NO5PSi/c1-9-13-21-26(22-14-10-2,23-15-11-3)17(12-4)19-18(20)24-16(5)25(6,7)8/h16-17H,9-15H2,1-8H3/p+1. The van der Waals surface area contributed by atoms with Gasteiger partial charge in [0.25, 0.3) is 0 Å². The van der Waals surface area contributed by atoms with Crippen molar-refractivity contribution in [3.63, 3.8) is 0 Å². The number of carbonyl (C=O) groups excluding carboxylic acids is 1. The Labute approximate surface area is 162 Å². The summed E-state index contributed by atoms with van der Waals surface area (Å²) in [5.74, 6) is -0.0965. The van der Waals surface area contributed by atoms with Crippen molar-refractivity contribution in [2.24, 2.45) is 0 Å². The van der Waals surface area contributed by atoms with Crippen LogP contribution in [-0.4, -0.2) is 66.2 Å². The molecule has 1 amide bonds. The first-order valence-electron chi connectivity index (χ1n) is 9.86. The number of amides is 1. The summed E-state index contributed by atoms with van der Waals surface area (Å²) in [4.78, 5) is 12.5. The molecule has 0 aromatic rings. The zero-order valence-corrected chi connectivity index (χ0v) is 20.0. The van der Waals surface area contributed by atoms with Crippen LogP contribution in [0.4, 0.5) is 4.79 Å². The van der Waals surface area contributed by atoms with Gasteiger partial charge in [0.15, 0.2) is 0 Å². The van der Waals surface area contributed by atoms with Crippen LogP contribution in [0.15, 0.2) is 0 Å². The van der Waals surface area contributed by atoms with E-state index in [2.05, 4.69) is 46.1 Å². The Bertz CT molecular complexity index is 370. The maximum atomic E-state index is 12.5. The Morgan fingerprint density at radius 2 is 1.35 bits per heavy atom. The summed E-state index contributed by atoms with van der Waals surface area (Å²) < 4.78 is 24.0. The van der Waals surface area contributed by atoms with Crippen LogP contribution >= 0.6 is 7.26 Å². The summed E-state index contributed by atoms with van der Waals surface area (Å²) in [6, 6.07) is 0. The third kappa shape index (κ3) is 9.13. The zero-order chi connectivity index (χ0) is 20.2. The monoisotopic (exact) mass is 410 g/mol. The molecule has 156 valence electrons. The maximum Gasteiger partial charge on any atom is 0.524 e. The number of hydrogen-bond acceptors (Lipinski definition) is 5. The minimum Gasteiger partial charge on any atom is -0.412 e. The minimum absolute atomic E-state index is 0.0965. The molecule has 0 aliphatic carbocycles. The van der Waals surface area contributed by atoms with Gasteiger partial charge in [-0.2, -0.15) is 0 Å². The van der Waals surface area contributed by atoms with Gasteiger partial charge in [0.05, 0.1) is 20.0 Å². The molecule has 0 aliphatic rings. The lowest BCUT2D eigenvalue weighted by Crippen LogP contribution is -2.63. The number of nitrogens with one attached hydrogen (secondary N) is 1. The molecule has 0 aromatic carbocycles. The van der Waals surface area contributed by atoms with Crippen LogP contribution in [0.1, 0.15) is 60.3 Å². The average Bonchev–Trinajstić information content (AvgIpc) is 2.58. The smallest absolute Gasteiger partial charge is 0.412 e. The van der Waals surface area contributed by atoms with Crippen LogP contribution in [0.2, 0.25) is 0 Å². The molecule has 0 spiro atoms. The van der Waals surface area contributed by atoms with Crippen molar-refractivity contribution in [2.75, 3.05) is 39.8 Å². The molecule has 0 aromatic heterocycles. The summed E-state index contributed by atoms with van der Waals surface area (Å²) in [6.07, 6.45) is 2.85. The van der Waals surface area contributed by atoms with Crippen molar-refractivity contribution in [3.05, 3.63) is 0 Å². The van der Waals surface area contributed by atoms with Gasteiger partial charge in [0.1, 0.15) is 5.67 Å². The Hall–Kier alpha value is -0.203. The van der Waals surface area contributed by atoms with Gasteiger partial charge in [-0.3, -0.25) is 0 Å². The van der Waals surface area contributed by atoms with E-state index < -0.39 is 22.2 Å². The van der Waals surface area contributed by atoms with Crippen molar-refractivity contribution in [3.8, 4) is 0 Å². The van der Waals surface area contributed by atoms with Crippen LogP contribution in [0.25, 0.3) is 0 Å². The molecule has 2 unspecified atom stereocenters. The molecular formula is C18H41NO5PSi+. The largest absolute Gasteiger partial charge is 0.524 e. The molecule has 26 heavy (non-hydrogen) atoms. The quantitative estimate of drug-likeness (QED) is 0.337. The molecule has 0 aliphatic heterocycles. The molecule has 0 saturated carbocycles. The highest BCUT2D eigenvalue weighted by Crippen LogP contribution is 2.52. The summed E-state index contributed by atoms with van der Waals surface area (Å²) in [5.41, 5.74) is -0.315. The van der Waals surface area contributed by atoms with Crippen molar-refractivity contribution in [1.82, 2.24) is 5.32 Å². The lowest BCUT2D eigenvalue weighted by Gasteiger charge is -2.36. The van der Waals surface area contributed by atoms with Crippen molar-refractivity contribution < 1.29 is 22.8 Å². The molecule has 0 saturated heterocycles. The van der Waals surface area contributed by atoms with E-state index in [1.807, 2.05) is 13.8 Å². The van der Waals surface area contributed by atoms with E-state index >= 15 is 0 Å². The fourth-order valence-corrected chi connectivity index (χ4v) is 5.62. The van der Waals surface area contributed by atoms with Crippen LogP contribution in [-0.2, 0) is 18.0 Å². The first-order chi connectivity index (χ1) is 12.2. The molecule has 8 heteroatoms. The van der Waals surface area contributed by atoms with Gasteiger partial charge >= 0.3 is 14.9 Å². The Morgan fingerprint density at radius 1 is 0.923 bits per heavy atom. The first kappa shape index (κ1) is 25.8. The second-order valence-electron chi connectivity index (χ2n) is 7.37. The molecule has 0 radical (unpaired) electrons. The second kappa shape index (κ2) is 13.1. The molecule has 0 bridgehead atoms. The van der Waals surface area contributed by atoms with E-state index in [1.165, 1.54) is 0 Å². The fourth-order valence-electron chi connectivity index (χ4n) is 2.09. The summed E-state index contributed by atoms with van der Waals surface area (Å²) >= 11 is 0. The van der Waals surface area contributed by atoms with Crippen molar-refractivity contribution in [2.45, 2.75) is 71.8 Å². The van der Waals surface area contributed by atoms with E-state index in [-0.39, 0.29) is 11.5 Å². The number of rotatable bonds is 14. The van der Waals surface area contributed by atoms with Gasteiger partial charge in [-0.05, 0) is 25.7 Å². The highest BCUT2D eigenvalue weighted by molar-refractivity contribution is 7.74. The average molecular weight is 411 g/mol. The molecular weight excluding hydrogens is 369 g/mol. The highest BCUT2D eigenvalue weighted by atomic mass is 31.2. The summed E-state index contributed by atoms with van der Waals surface area (Å²) in [6.45, 7) is 18.2. The van der Waals surface area contributed by atoms with E-state index in [9.17, 15) is 4.79 Å². The summed E-state index contributed by atoms with van der Waals surface area (Å²) in [5, 5.41) is 2.98. The van der Waals surface area contributed by atoms with Gasteiger partial charge < -0.3 is 23.3 Å². The number of ether oxygens (including phenoxy) is 1. The molecule has 6 nitrogen and oxygen atoms in total. The van der Waals surface area contributed by atoms with Gasteiger partial charge in [0.2, 0.25) is 5.85 Å². The van der Waals surface area contributed by atoms with Crippen molar-refractivity contribution >= 4 is 22.2 Å². The SMILES string of the molecule is CCCO[Si](OCCC)(OCCC)C(CC)NC(=O)OC(C)[P+](C)(C)C. The normalized spacial score (nSPS) is 14.8. The maximum absolute atomic E-state index is 12.5. The van der Waals surface area contributed by atoms with Gasteiger partial charge in [-0.25, -0.2) is 4.79 Å². The molecule has 0 heterocycles.